The van der Waals surface area contributed by atoms with Gasteiger partial charge in [0.05, 0.1) is 22.7 Å². The normalized spacial score (nSPS) is 22.4. The summed E-state index contributed by atoms with van der Waals surface area (Å²) in [4.78, 5) is 29.6. The van der Waals surface area contributed by atoms with Crippen molar-refractivity contribution in [2.45, 2.75) is 49.6 Å². The van der Waals surface area contributed by atoms with Crippen molar-refractivity contribution in [1.29, 1.82) is 0 Å². The molecule has 2 saturated carbocycles. The first kappa shape index (κ1) is 29.0. The fraction of sp³-hybridized carbons (Fsp3) is 0.290. The predicted octanol–water partition coefficient (Wildman–Crippen LogP) is 5.64. The van der Waals surface area contributed by atoms with Crippen molar-refractivity contribution >= 4 is 11.8 Å². The lowest BCUT2D eigenvalue weighted by atomic mass is 9.93. The molecule has 2 fully saturated rings. The van der Waals surface area contributed by atoms with Gasteiger partial charge in [-0.1, -0.05) is 12.1 Å². The number of rotatable bonds is 9. The van der Waals surface area contributed by atoms with Crippen molar-refractivity contribution in [3.8, 4) is 11.1 Å². The number of aromatic nitrogens is 3. The van der Waals surface area contributed by atoms with E-state index in [9.17, 15) is 31.5 Å². The maximum atomic E-state index is 15.5. The quantitative estimate of drug-likeness (QED) is 0.234. The lowest BCUT2D eigenvalue weighted by molar-refractivity contribution is -0.123. The number of hydrogen-bond acceptors (Lipinski definition) is 4. The topological polar surface area (TPSA) is 103 Å². The Hall–Kier alpha value is -4.75. The Labute approximate surface area is 250 Å². The lowest BCUT2D eigenvalue weighted by Gasteiger charge is -2.24. The van der Waals surface area contributed by atoms with Crippen LogP contribution in [-0.2, 0) is 29.1 Å². The third-order valence-electron chi connectivity index (χ3n) is 9.14. The summed E-state index contributed by atoms with van der Waals surface area (Å²) in [6, 6.07) is 8.11. The van der Waals surface area contributed by atoms with Gasteiger partial charge in [-0.15, -0.1) is 0 Å². The van der Waals surface area contributed by atoms with Gasteiger partial charge in [-0.3, -0.25) is 19.3 Å². The molecule has 45 heavy (non-hydrogen) atoms. The molecule has 232 valence electrons. The number of nitrogens with one attached hydrogen (secondary N) is 1. The molecule has 2 amide bonds. The van der Waals surface area contributed by atoms with Crippen molar-refractivity contribution in [2.24, 2.45) is 11.1 Å². The molecule has 2 heterocycles. The molecule has 14 heteroatoms. The first-order chi connectivity index (χ1) is 21.3. The van der Waals surface area contributed by atoms with Crippen LogP contribution in [0, 0.1) is 22.9 Å². The van der Waals surface area contributed by atoms with Crippen LogP contribution in [0.25, 0.3) is 11.1 Å². The smallest absolute Gasteiger partial charge is 0.296 e. The van der Waals surface area contributed by atoms with Crippen molar-refractivity contribution < 1.29 is 40.3 Å². The Morgan fingerprint density at radius 1 is 1.00 bits per heavy atom. The van der Waals surface area contributed by atoms with Gasteiger partial charge >= 0.3 is 0 Å². The molecule has 1 atom stereocenters. The minimum absolute atomic E-state index is 0.0905. The number of nitrogens with two attached hydrogens (primary N) is 1. The zero-order valence-electron chi connectivity index (χ0n) is 23.1. The van der Waals surface area contributed by atoms with Crippen molar-refractivity contribution in [2.75, 3.05) is 0 Å². The van der Waals surface area contributed by atoms with Crippen LogP contribution in [0.3, 0.4) is 0 Å². The first-order valence-corrected chi connectivity index (χ1v) is 13.8. The van der Waals surface area contributed by atoms with E-state index in [0.717, 1.165) is 18.2 Å². The fourth-order valence-corrected chi connectivity index (χ4v) is 6.97. The molecule has 0 saturated heterocycles. The second kappa shape index (κ2) is 9.62. The molecule has 0 radical (unpaired) electrons. The number of pyridine rings is 1. The Bertz CT molecular complexity index is 1900. The van der Waals surface area contributed by atoms with E-state index >= 15 is 8.78 Å². The van der Waals surface area contributed by atoms with Crippen LogP contribution in [-0.4, -0.2) is 26.6 Å². The number of carbonyl (C=O) groups is 2. The molecule has 3 aliphatic carbocycles. The predicted molar refractivity (Wildman–Crippen MR) is 144 cm³/mol. The maximum absolute atomic E-state index is 15.5. The minimum atomic E-state index is -3.45. The first-order valence-electron chi connectivity index (χ1n) is 13.8. The summed E-state index contributed by atoms with van der Waals surface area (Å²) >= 11 is 0. The number of hydrogen-bond donors (Lipinski definition) is 2. The highest BCUT2D eigenvalue weighted by molar-refractivity contribution is 5.94. The van der Waals surface area contributed by atoms with Crippen LogP contribution in [0.2, 0.25) is 0 Å². The Morgan fingerprint density at radius 2 is 1.71 bits per heavy atom. The Morgan fingerprint density at radius 3 is 2.38 bits per heavy atom. The fourth-order valence-electron chi connectivity index (χ4n) is 6.97. The number of benzene rings is 2. The van der Waals surface area contributed by atoms with Gasteiger partial charge in [0.15, 0.2) is 0 Å². The van der Waals surface area contributed by atoms with Gasteiger partial charge in [0.25, 0.3) is 18.3 Å². The van der Waals surface area contributed by atoms with Crippen LogP contribution in [0.15, 0.2) is 54.7 Å². The standard InChI is InChI=1S/C31H22F7N5O2/c32-16-6-14(7-17(33)10-16)8-21(24-18(2-1-5-40-24)15-3-4-20(34)19(9-15)28(39)45)41-22(44)11-43-26-23(25(42-43)27(35)36)29-12-30(29,13-29)31(26,37)38/h1-7,9-10,21,27H,8,11-13H2,(H2,39,45)(H,41,44)/t21-,29?,30?/m0/s1. The molecule has 0 aliphatic heterocycles. The Balaban J connectivity index is 1.26. The van der Waals surface area contributed by atoms with Gasteiger partial charge in [0.2, 0.25) is 5.91 Å². The summed E-state index contributed by atoms with van der Waals surface area (Å²) in [7, 11) is 0. The average Bonchev–Trinajstić information content (AvgIpc) is 3.73. The van der Waals surface area contributed by atoms with Crippen molar-refractivity contribution in [3.63, 3.8) is 0 Å². The third-order valence-corrected chi connectivity index (χ3v) is 9.14. The summed E-state index contributed by atoms with van der Waals surface area (Å²) in [5.41, 5.74) is 1.55. The average molecular weight is 630 g/mol. The van der Waals surface area contributed by atoms with Crippen LogP contribution in [0.5, 0.6) is 0 Å². The van der Waals surface area contributed by atoms with E-state index in [-0.39, 0.29) is 47.2 Å². The number of fused-ring (bicyclic) bond motifs is 1. The number of halogens is 7. The number of carbonyl (C=O) groups excluding carboxylic acids is 2. The van der Waals surface area contributed by atoms with Crippen molar-refractivity contribution in [3.05, 3.63) is 106 Å². The van der Waals surface area contributed by atoms with E-state index in [4.69, 9.17) is 5.73 Å². The highest BCUT2D eigenvalue weighted by Crippen LogP contribution is 2.96. The van der Waals surface area contributed by atoms with E-state index < -0.39 is 82.0 Å². The van der Waals surface area contributed by atoms with Crippen LogP contribution >= 0.6 is 0 Å². The number of primary amides is 1. The number of nitrogens with zero attached hydrogens (tertiary/aromatic N) is 3. The molecular formula is C31H22F7N5O2. The molecule has 4 aromatic rings. The van der Waals surface area contributed by atoms with Crippen LogP contribution in [0.1, 0.15) is 63.9 Å². The third kappa shape index (κ3) is 4.25. The number of amides is 2. The zero-order chi connectivity index (χ0) is 32.1. The van der Waals surface area contributed by atoms with Gasteiger partial charge < -0.3 is 11.1 Å². The van der Waals surface area contributed by atoms with Crippen LogP contribution < -0.4 is 11.1 Å². The molecule has 7 nitrogen and oxygen atoms in total. The molecule has 3 N–H and O–H groups in total. The Kier molecular flexibility index (Phi) is 6.20. The highest BCUT2D eigenvalue weighted by atomic mass is 19.3. The molecule has 2 aromatic heterocycles. The van der Waals surface area contributed by atoms with E-state index in [1.165, 1.54) is 24.4 Å². The van der Waals surface area contributed by atoms with E-state index in [2.05, 4.69) is 15.4 Å². The minimum Gasteiger partial charge on any atom is -0.366 e. The monoisotopic (exact) mass is 629 g/mol. The second-order valence-electron chi connectivity index (χ2n) is 11.8. The zero-order valence-corrected chi connectivity index (χ0v) is 23.1. The lowest BCUT2D eigenvalue weighted by Crippen LogP contribution is -2.35. The summed E-state index contributed by atoms with van der Waals surface area (Å²) in [5.74, 6) is -8.08. The van der Waals surface area contributed by atoms with Gasteiger partial charge in [-0.2, -0.15) is 13.9 Å². The van der Waals surface area contributed by atoms with E-state index in [0.29, 0.717) is 10.7 Å². The van der Waals surface area contributed by atoms with Gasteiger partial charge in [0, 0.05) is 28.8 Å². The second-order valence-corrected chi connectivity index (χ2v) is 11.8. The summed E-state index contributed by atoms with van der Waals surface area (Å²) < 4.78 is 102. The molecule has 7 rings (SSSR count). The summed E-state index contributed by atoms with van der Waals surface area (Å²) in [6.45, 7) is -0.852. The molecular weight excluding hydrogens is 607 g/mol. The van der Waals surface area contributed by atoms with Gasteiger partial charge in [0.1, 0.15) is 35.4 Å². The highest BCUT2D eigenvalue weighted by Gasteiger charge is 2.98. The molecule has 0 spiro atoms. The largest absolute Gasteiger partial charge is 0.366 e. The summed E-state index contributed by atoms with van der Waals surface area (Å²) in [6.07, 6.45) is -1.84. The van der Waals surface area contributed by atoms with Gasteiger partial charge in [-0.25, -0.2) is 22.0 Å². The summed E-state index contributed by atoms with van der Waals surface area (Å²) in [5, 5.41) is 6.35. The molecule has 0 bridgehead atoms. The van der Waals surface area contributed by atoms with Crippen molar-refractivity contribution in [1.82, 2.24) is 20.1 Å². The van der Waals surface area contributed by atoms with Gasteiger partial charge in [-0.05, 0) is 60.7 Å². The van der Waals surface area contributed by atoms with Crippen LogP contribution in [0.4, 0.5) is 30.7 Å². The van der Waals surface area contributed by atoms with E-state index in [1.54, 1.807) is 6.07 Å². The maximum Gasteiger partial charge on any atom is 0.296 e. The molecule has 2 aromatic carbocycles. The molecule has 3 aliphatic rings. The van der Waals surface area contributed by atoms with E-state index in [1.807, 2.05) is 0 Å². The molecule has 0 unspecified atom stereocenters. The number of alkyl halides is 4. The SMILES string of the molecule is NC(=O)c1cc(-c2cccnc2[C@H](Cc2cc(F)cc(F)c2)NC(=O)Cn2nc(C(F)F)c3c2C(F)(F)C24CC32C4)ccc1F.